The number of rotatable bonds is 3. The number of carbonyl (C=O) groups is 2. The van der Waals surface area contributed by atoms with Crippen molar-refractivity contribution in [3.05, 3.63) is 0 Å². The zero-order chi connectivity index (χ0) is 12.3. The van der Waals surface area contributed by atoms with Crippen LogP contribution in [0, 0.1) is 0 Å². The van der Waals surface area contributed by atoms with Gasteiger partial charge < -0.3 is 15.2 Å². The van der Waals surface area contributed by atoms with Gasteiger partial charge in [-0.1, -0.05) is 0 Å². The third-order valence-electron chi connectivity index (χ3n) is 2.37. The highest BCUT2D eigenvalue weighted by atomic mass is 16.6. The average molecular weight is 229 g/mol. The molecule has 0 saturated carbocycles. The van der Waals surface area contributed by atoms with Gasteiger partial charge in [0.15, 0.2) is 0 Å². The summed E-state index contributed by atoms with van der Waals surface area (Å²) in [6.45, 7) is 5.44. The number of ether oxygens (including phenoxy) is 1. The van der Waals surface area contributed by atoms with Gasteiger partial charge in [0, 0.05) is 6.04 Å². The minimum absolute atomic E-state index is 0.0732. The molecule has 1 rings (SSSR count). The van der Waals surface area contributed by atoms with Crippen LogP contribution in [0.1, 0.15) is 40.0 Å². The van der Waals surface area contributed by atoms with Gasteiger partial charge >= 0.3 is 11.9 Å². The van der Waals surface area contributed by atoms with Gasteiger partial charge in [0.1, 0.15) is 11.6 Å². The minimum atomic E-state index is -0.855. The summed E-state index contributed by atoms with van der Waals surface area (Å²) in [5.74, 6) is -1.14. The van der Waals surface area contributed by atoms with Crippen molar-refractivity contribution in [2.45, 2.75) is 57.7 Å². The Morgan fingerprint density at radius 3 is 2.44 bits per heavy atom. The molecule has 16 heavy (non-hydrogen) atoms. The van der Waals surface area contributed by atoms with Crippen molar-refractivity contribution in [1.29, 1.82) is 0 Å². The monoisotopic (exact) mass is 229 g/mol. The van der Waals surface area contributed by atoms with E-state index in [0.717, 1.165) is 0 Å². The van der Waals surface area contributed by atoms with E-state index in [1.54, 1.807) is 0 Å². The number of esters is 1. The maximum atomic E-state index is 11.5. The maximum Gasteiger partial charge on any atom is 0.320 e. The SMILES string of the molecule is CC(C)(C)OC(=O)C[C@H]1CC[C@@H](C(=O)O)N1. The molecule has 1 aliphatic rings. The molecule has 1 aliphatic heterocycles. The smallest absolute Gasteiger partial charge is 0.320 e. The van der Waals surface area contributed by atoms with Gasteiger partial charge in [-0.2, -0.15) is 0 Å². The first-order valence-corrected chi connectivity index (χ1v) is 5.48. The quantitative estimate of drug-likeness (QED) is 0.704. The van der Waals surface area contributed by atoms with Crippen molar-refractivity contribution >= 4 is 11.9 Å². The van der Waals surface area contributed by atoms with Gasteiger partial charge in [-0.15, -0.1) is 0 Å². The van der Waals surface area contributed by atoms with E-state index < -0.39 is 17.6 Å². The molecular weight excluding hydrogens is 210 g/mol. The Balaban J connectivity index is 2.34. The summed E-state index contributed by atoms with van der Waals surface area (Å²) in [6, 6.07) is -0.594. The second kappa shape index (κ2) is 4.82. The van der Waals surface area contributed by atoms with Gasteiger partial charge in [0.05, 0.1) is 6.42 Å². The molecule has 92 valence electrons. The molecule has 1 heterocycles. The molecule has 2 N–H and O–H groups in total. The second-order valence-corrected chi connectivity index (χ2v) is 5.12. The Kier molecular flexibility index (Phi) is 3.91. The lowest BCUT2D eigenvalue weighted by atomic mass is 10.1. The fourth-order valence-electron chi connectivity index (χ4n) is 1.76. The van der Waals surface area contributed by atoms with Crippen LogP contribution in [0.25, 0.3) is 0 Å². The molecule has 0 aromatic rings. The molecule has 0 unspecified atom stereocenters. The number of carboxylic acids is 1. The lowest BCUT2D eigenvalue weighted by Crippen LogP contribution is -2.37. The summed E-state index contributed by atoms with van der Waals surface area (Å²) in [4.78, 5) is 22.2. The number of hydrogen-bond donors (Lipinski definition) is 2. The summed E-state index contributed by atoms with van der Waals surface area (Å²) in [5, 5.41) is 11.7. The van der Waals surface area contributed by atoms with Gasteiger partial charge in [0.2, 0.25) is 0 Å². The van der Waals surface area contributed by atoms with Crippen LogP contribution >= 0.6 is 0 Å². The summed E-state index contributed by atoms with van der Waals surface area (Å²) < 4.78 is 5.17. The molecule has 0 radical (unpaired) electrons. The van der Waals surface area contributed by atoms with Crippen LogP contribution in [0.3, 0.4) is 0 Å². The molecule has 0 aromatic carbocycles. The van der Waals surface area contributed by atoms with Crippen LogP contribution in [-0.2, 0) is 14.3 Å². The Bertz CT molecular complexity index is 282. The van der Waals surface area contributed by atoms with E-state index in [2.05, 4.69) is 5.32 Å². The van der Waals surface area contributed by atoms with Crippen molar-refractivity contribution in [3.8, 4) is 0 Å². The van der Waals surface area contributed by atoms with E-state index in [1.807, 2.05) is 20.8 Å². The van der Waals surface area contributed by atoms with Crippen LogP contribution in [0.5, 0.6) is 0 Å². The predicted molar refractivity (Wildman–Crippen MR) is 58.0 cm³/mol. The van der Waals surface area contributed by atoms with Crippen LogP contribution < -0.4 is 5.32 Å². The van der Waals surface area contributed by atoms with Crippen molar-refractivity contribution in [2.24, 2.45) is 0 Å². The molecule has 0 bridgehead atoms. The molecular formula is C11H19NO4. The highest BCUT2D eigenvalue weighted by molar-refractivity contribution is 5.75. The predicted octanol–water partition coefficient (Wildman–Crippen LogP) is 0.923. The first-order chi connectivity index (χ1) is 7.28. The average Bonchev–Trinajstić information content (AvgIpc) is 2.48. The zero-order valence-electron chi connectivity index (χ0n) is 9.95. The minimum Gasteiger partial charge on any atom is -0.480 e. The molecule has 5 heteroatoms. The van der Waals surface area contributed by atoms with E-state index in [9.17, 15) is 9.59 Å². The molecule has 5 nitrogen and oxygen atoms in total. The first kappa shape index (κ1) is 13.0. The van der Waals surface area contributed by atoms with Gasteiger partial charge in [-0.25, -0.2) is 0 Å². The van der Waals surface area contributed by atoms with Crippen LogP contribution in [0.2, 0.25) is 0 Å². The highest BCUT2D eigenvalue weighted by Crippen LogP contribution is 2.17. The third-order valence-corrected chi connectivity index (χ3v) is 2.37. The number of carboxylic acid groups (broad SMARTS) is 1. The Hall–Kier alpha value is -1.10. The fraction of sp³-hybridized carbons (Fsp3) is 0.818. The Morgan fingerprint density at radius 2 is 2.00 bits per heavy atom. The molecule has 0 aromatic heterocycles. The lowest BCUT2D eigenvalue weighted by molar-refractivity contribution is -0.155. The third kappa shape index (κ3) is 4.18. The topological polar surface area (TPSA) is 75.6 Å². The standard InChI is InChI=1S/C11H19NO4/c1-11(2,3)16-9(13)6-7-4-5-8(12-7)10(14)15/h7-8,12H,4-6H2,1-3H3,(H,14,15)/t7-,8+/m1/s1. The summed E-state index contributed by atoms with van der Waals surface area (Å²) in [6.07, 6.45) is 1.51. The fourth-order valence-corrected chi connectivity index (χ4v) is 1.76. The molecule has 1 saturated heterocycles. The van der Waals surface area contributed by atoms with Crippen LogP contribution in [0.4, 0.5) is 0 Å². The Morgan fingerprint density at radius 1 is 1.38 bits per heavy atom. The van der Waals surface area contributed by atoms with Gasteiger partial charge in [-0.05, 0) is 33.6 Å². The van der Waals surface area contributed by atoms with E-state index in [1.165, 1.54) is 0 Å². The van der Waals surface area contributed by atoms with Crippen molar-refractivity contribution in [3.63, 3.8) is 0 Å². The van der Waals surface area contributed by atoms with Gasteiger partial charge in [0.25, 0.3) is 0 Å². The van der Waals surface area contributed by atoms with Crippen LogP contribution in [0.15, 0.2) is 0 Å². The van der Waals surface area contributed by atoms with Crippen molar-refractivity contribution < 1.29 is 19.4 Å². The number of aliphatic carboxylic acids is 1. The first-order valence-electron chi connectivity index (χ1n) is 5.48. The molecule has 0 aliphatic carbocycles. The number of nitrogens with one attached hydrogen (secondary N) is 1. The van der Waals surface area contributed by atoms with Crippen molar-refractivity contribution in [2.75, 3.05) is 0 Å². The van der Waals surface area contributed by atoms with E-state index in [-0.39, 0.29) is 18.4 Å². The number of hydrogen-bond acceptors (Lipinski definition) is 4. The summed E-state index contributed by atoms with van der Waals surface area (Å²) in [5.41, 5.74) is -0.484. The van der Waals surface area contributed by atoms with Crippen molar-refractivity contribution in [1.82, 2.24) is 5.32 Å². The van der Waals surface area contributed by atoms with E-state index in [0.29, 0.717) is 12.8 Å². The highest BCUT2D eigenvalue weighted by Gasteiger charge is 2.31. The number of carbonyl (C=O) groups excluding carboxylic acids is 1. The van der Waals surface area contributed by atoms with Crippen LogP contribution in [-0.4, -0.2) is 34.7 Å². The molecule has 0 amide bonds. The second-order valence-electron chi connectivity index (χ2n) is 5.12. The Labute approximate surface area is 95.2 Å². The normalized spacial score (nSPS) is 25.4. The maximum absolute atomic E-state index is 11.5. The zero-order valence-corrected chi connectivity index (χ0v) is 9.95. The lowest BCUT2D eigenvalue weighted by Gasteiger charge is -2.21. The molecule has 0 spiro atoms. The summed E-state index contributed by atoms with van der Waals surface area (Å²) in [7, 11) is 0. The molecule has 1 fully saturated rings. The van der Waals surface area contributed by atoms with E-state index >= 15 is 0 Å². The van der Waals surface area contributed by atoms with E-state index in [4.69, 9.17) is 9.84 Å². The summed E-state index contributed by atoms with van der Waals surface area (Å²) >= 11 is 0. The van der Waals surface area contributed by atoms with Gasteiger partial charge in [-0.3, -0.25) is 9.59 Å². The molecule has 2 atom stereocenters. The largest absolute Gasteiger partial charge is 0.480 e.